The van der Waals surface area contributed by atoms with Crippen LogP contribution in [0.25, 0.3) is 0 Å². The zero-order valence-corrected chi connectivity index (χ0v) is 10.1. The average Bonchev–Trinajstić information content (AvgIpc) is 2.39. The molecule has 1 saturated heterocycles. The molecule has 1 unspecified atom stereocenters. The van der Waals surface area contributed by atoms with Crippen molar-refractivity contribution in [1.82, 2.24) is 10.3 Å². The van der Waals surface area contributed by atoms with E-state index in [0.29, 0.717) is 32.2 Å². The molecule has 0 bridgehead atoms. The number of carbonyl (C=O) groups is 2. The molecule has 0 saturated carbocycles. The monoisotopic (exact) mass is 248 g/mol. The standard InChI is InChI=1S/C13H16N2O3/c16-11-13(12(17)18,5-1-7-15-11)6-2-10-3-8-14-9-4-10/h3-4,8-9H,1-2,5-7H2,(H,15,16)(H,17,18). The Morgan fingerprint density at radius 2 is 2.17 bits per heavy atom. The van der Waals surface area contributed by atoms with Crippen LogP contribution in [0, 0.1) is 5.41 Å². The van der Waals surface area contributed by atoms with Gasteiger partial charge in [0.05, 0.1) is 0 Å². The van der Waals surface area contributed by atoms with Gasteiger partial charge in [-0.2, -0.15) is 0 Å². The number of aliphatic carboxylic acids is 1. The molecule has 96 valence electrons. The summed E-state index contributed by atoms with van der Waals surface area (Å²) in [6.45, 7) is 0.573. The summed E-state index contributed by atoms with van der Waals surface area (Å²) in [5, 5.41) is 12.0. The summed E-state index contributed by atoms with van der Waals surface area (Å²) in [5.41, 5.74) is -0.259. The third-order valence-electron chi connectivity index (χ3n) is 3.50. The van der Waals surface area contributed by atoms with Crippen molar-refractivity contribution in [3.8, 4) is 0 Å². The second kappa shape index (κ2) is 5.16. The Bertz CT molecular complexity index is 447. The Balaban J connectivity index is 2.12. The third kappa shape index (κ3) is 2.34. The number of hydrogen-bond donors (Lipinski definition) is 2. The minimum absolute atomic E-state index is 0.332. The SMILES string of the molecule is O=C(O)C1(CCc2ccncc2)CCCNC1=O. The lowest BCUT2D eigenvalue weighted by Gasteiger charge is -2.32. The van der Waals surface area contributed by atoms with Gasteiger partial charge in [0, 0.05) is 18.9 Å². The fraction of sp³-hybridized carbons (Fsp3) is 0.462. The number of nitrogens with zero attached hydrogens (tertiary/aromatic N) is 1. The van der Waals surface area contributed by atoms with Crippen LogP contribution in [0.2, 0.25) is 0 Å². The minimum Gasteiger partial charge on any atom is -0.480 e. The van der Waals surface area contributed by atoms with Crippen molar-refractivity contribution < 1.29 is 14.7 Å². The maximum atomic E-state index is 11.9. The number of nitrogens with one attached hydrogen (secondary N) is 1. The van der Waals surface area contributed by atoms with Crippen LogP contribution in [-0.2, 0) is 16.0 Å². The van der Waals surface area contributed by atoms with Crippen LogP contribution in [-0.4, -0.2) is 28.5 Å². The minimum atomic E-state index is -1.26. The van der Waals surface area contributed by atoms with E-state index in [0.717, 1.165) is 5.56 Å². The predicted molar refractivity (Wildman–Crippen MR) is 64.9 cm³/mol. The summed E-state index contributed by atoms with van der Waals surface area (Å²) < 4.78 is 0. The van der Waals surface area contributed by atoms with E-state index < -0.39 is 11.4 Å². The molecule has 5 nitrogen and oxygen atoms in total. The van der Waals surface area contributed by atoms with Crippen LogP contribution >= 0.6 is 0 Å². The van der Waals surface area contributed by atoms with Crippen LogP contribution in [0.3, 0.4) is 0 Å². The highest BCUT2D eigenvalue weighted by atomic mass is 16.4. The van der Waals surface area contributed by atoms with Gasteiger partial charge in [-0.3, -0.25) is 14.6 Å². The molecule has 18 heavy (non-hydrogen) atoms. The molecule has 0 spiro atoms. The molecular formula is C13H16N2O3. The van der Waals surface area contributed by atoms with Gasteiger partial charge in [0.25, 0.3) is 0 Å². The van der Waals surface area contributed by atoms with E-state index in [1.807, 2.05) is 12.1 Å². The van der Waals surface area contributed by atoms with Gasteiger partial charge in [0.1, 0.15) is 5.41 Å². The molecule has 2 heterocycles. The second-order valence-electron chi connectivity index (χ2n) is 4.60. The molecule has 1 aromatic rings. The molecular weight excluding hydrogens is 232 g/mol. The van der Waals surface area contributed by atoms with Gasteiger partial charge in [-0.1, -0.05) is 0 Å². The number of hydrogen-bond acceptors (Lipinski definition) is 3. The van der Waals surface area contributed by atoms with Crippen LogP contribution in [0.15, 0.2) is 24.5 Å². The molecule has 2 N–H and O–H groups in total. The van der Waals surface area contributed by atoms with E-state index >= 15 is 0 Å². The van der Waals surface area contributed by atoms with E-state index in [1.54, 1.807) is 12.4 Å². The Morgan fingerprint density at radius 3 is 2.78 bits per heavy atom. The first-order valence-corrected chi connectivity index (χ1v) is 6.06. The number of pyridine rings is 1. The number of rotatable bonds is 4. The molecule has 2 rings (SSSR count). The van der Waals surface area contributed by atoms with E-state index in [1.165, 1.54) is 0 Å². The molecule has 5 heteroatoms. The van der Waals surface area contributed by atoms with Gasteiger partial charge < -0.3 is 10.4 Å². The summed E-state index contributed by atoms with van der Waals surface area (Å²) >= 11 is 0. The van der Waals surface area contributed by atoms with Gasteiger partial charge in [-0.25, -0.2) is 0 Å². The lowest BCUT2D eigenvalue weighted by Crippen LogP contribution is -2.50. The highest BCUT2D eigenvalue weighted by Crippen LogP contribution is 2.33. The maximum absolute atomic E-state index is 11.9. The summed E-state index contributed by atoms with van der Waals surface area (Å²) in [5.74, 6) is -1.37. The van der Waals surface area contributed by atoms with Crippen molar-refractivity contribution >= 4 is 11.9 Å². The zero-order chi connectivity index (χ0) is 13.0. The molecule has 1 aromatic heterocycles. The van der Waals surface area contributed by atoms with Crippen molar-refractivity contribution in [2.75, 3.05) is 6.54 Å². The molecule has 1 aliphatic heterocycles. The Hall–Kier alpha value is -1.91. The summed E-state index contributed by atoms with van der Waals surface area (Å²) in [4.78, 5) is 27.2. The van der Waals surface area contributed by atoms with Gasteiger partial charge in [0.2, 0.25) is 5.91 Å². The van der Waals surface area contributed by atoms with Crippen molar-refractivity contribution in [3.63, 3.8) is 0 Å². The Kier molecular flexibility index (Phi) is 3.60. The van der Waals surface area contributed by atoms with Crippen LogP contribution in [0.4, 0.5) is 0 Å². The largest absolute Gasteiger partial charge is 0.480 e. The number of piperidine rings is 1. The smallest absolute Gasteiger partial charge is 0.319 e. The first-order chi connectivity index (χ1) is 8.65. The van der Waals surface area contributed by atoms with Crippen LogP contribution in [0.5, 0.6) is 0 Å². The van der Waals surface area contributed by atoms with E-state index in [-0.39, 0.29) is 5.91 Å². The molecule has 0 radical (unpaired) electrons. The van der Waals surface area contributed by atoms with Crippen molar-refractivity contribution in [2.45, 2.75) is 25.7 Å². The zero-order valence-electron chi connectivity index (χ0n) is 10.1. The summed E-state index contributed by atoms with van der Waals surface area (Å²) in [6, 6.07) is 3.69. The van der Waals surface area contributed by atoms with Gasteiger partial charge in [-0.15, -0.1) is 0 Å². The predicted octanol–water partition coefficient (Wildman–Crippen LogP) is 0.995. The molecule has 1 aliphatic rings. The number of carbonyl (C=O) groups excluding carboxylic acids is 1. The first kappa shape index (κ1) is 12.5. The van der Waals surface area contributed by atoms with E-state index in [9.17, 15) is 14.7 Å². The summed E-state index contributed by atoms with van der Waals surface area (Å²) in [7, 11) is 0. The third-order valence-corrected chi connectivity index (χ3v) is 3.50. The van der Waals surface area contributed by atoms with Crippen LogP contribution in [0.1, 0.15) is 24.8 Å². The van der Waals surface area contributed by atoms with Gasteiger partial charge in [0.15, 0.2) is 0 Å². The second-order valence-corrected chi connectivity index (χ2v) is 4.60. The summed E-state index contributed by atoms with van der Waals surface area (Å²) in [6.07, 6.45) is 5.38. The molecule has 0 aromatic carbocycles. The van der Waals surface area contributed by atoms with Gasteiger partial charge >= 0.3 is 5.97 Å². The first-order valence-electron chi connectivity index (χ1n) is 6.06. The van der Waals surface area contributed by atoms with Crippen molar-refractivity contribution in [3.05, 3.63) is 30.1 Å². The molecule has 0 aliphatic carbocycles. The number of carboxylic acids is 1. The van der Waals surface area contributed by atoms with Gasteiger partial charge in [-0.05, 0) is 43.4 Å². The fourth-order valence-corrected chi connectivity index (χ4v) is 2.33. The van der Waals surface area contributed by atoms with E-state index in [4.69, 9.17) is 0 Å². The maximum Gasteiger partial charge on any atom is 0.319 e. The number of amides is 1. The van der Waals surface area contributed by atoms with Crippen molar-refractivity contribution in [1.29, 1.82) is 0 Å². The molecule has 1 fully saturated rings. The van der Waals surface area contributed by atoms with E-state index in [2.05, 4.69) is 10.3 Å². The van der Waals surface area contributed by atoms with Crippen LogP contribution < -0.4 is 5.32 Å². The normalized spacial score (nSPS) is 23.4. The Morgan fingerprint density at radius 1 is 1.44 bits per heavy atom. The van der Waals surface area contributed by atoms with Crippen molar-refractivity contribution in [2.24, 2.45) is 5.41 Å². The highest BCUT2D eigenvalue weighted by molar-refractivity contribution is 6.02. The lowest BCUT2D eigenvalue weighted by atomic mass is 9.75. The quantitative estimate of drug-likeness (QED) is 0.779. The highest BCUT2D eigenvalue weighted by Gasteiger charge is 2.46. The fourth-order valence-electron chi connectivity index (χ4n) is 2.33. The average molecular weight is 248 g/mol. The number of aryl methyl sites for hydroxylation is 1. The number of aromatic nitrogens is 1. The number of carboxylic acid groups (broad SMARTS) is 1. The Labute approximate surface area is 105 Å². The lowest BCUT2D eigenvalue weighted by molar-refractivity contribution is -0.158. The molecule has 1 amide bonds. The topological polar surface area (TPSA) is 79.3 Å². The molecule has 1 atom stereocenters.